The van der Waals surface area contributed by atoms with Crippen LogP contribution in [-0.2, 0) is 6.42 Å². The molecule has 0 aliphatic heterocycles. The summed E-state index contributed by atoms with van der Waals surface area (Å²) in [5.74, 6) is 2.28. The highest BCUT2D eigenvalue weighted by Crippen LogP contribution is 2.41. The van der Waals surface area contributed by atoms with Crippen molar-refractivity contribution >= 4 is 54.4 Å². The maximum absolute atomic E-state index is 5.34. The Morgan fingerprint density at radius 1 is 0.339 bits per heavy atom. The van der Waals surface area contributed by atoms with E-state index in [1.165, 1.54) is 16.5 Å². The highest BCUT2D eigenvalue weighted by molar-refractivity contribution is 6.16. The van der Waals surface area contributed by atoms with Crippen LogP contribution < -0.4 is 0 Å². The van der Waals surface area contributed by atoms with Gasteiger partial charge >= 0.3 is 0 Å². The Morgan fingerprint density at radius 2 is 0.887 bits per heavy atom. The average molecular weight is 792 g/mol. The molecule has 5 nitrogen and oxygen atoms in total. The molecule has 0 fully saturated rings. The van der Waals surface area contributed by atoms with Gasteiger partial charge in [-0.2, -0.15) is 0 Å². The van der Waals surface area contributed by atoms with Crippen molar-refractivity contribution in [3.63, 3.8) is 0 Å². The van der Waals surface area contributed by atoms with Gasteiger partial charge in [0.1, 0.15) is 5.82 Å². The summed E-state index contributed by atoms with van der Waals surface area (Å²) in [7, 11) is 0. The van der Waals surface area contributed by atoms with Crippen molar-refractivity contribution in [2.24, 2.45) is 0 Å². The molecule has 0 saturated heterocycles. The first-order chi connectivity index (χ1) is 30.7. The molecule has 5 heteroatoms. The topological polar surface area (TPSA) is 56.5 Å². The molecule has 0 bridgehead atoms. The van der Waals surface area contributed by atoms with Crippen LogP contribution in [0.15, 0.2) is 212 Å². The molecule has 290 valence electrons. The molecule has 3 heterocycles. The van der Waals surface area contributed by atoms with E-state index in [4.69, 9.17) is 19.9 Å². The zero-order valence-electron chi connectivity index (χ0n) is 33.7. The molecule has 0 atom stereocenters. The molecule has 12 aromatic rings. The van der Waals surface area contributed by atoms with Gasteiger partial charge in [0.2, 0.25) is 0 Å². The summed E-state index contributed by atoms with van der Waals surface area (Å²) in [4.78, 5) is 21.0. The molecular weight excluding hydrogens is 755 g/mol. The zero-order valence-corrected chi connectivity index (χ0v) is 33.7. The third-order valence-corrected chi connectivity index (χ3v) is 12.0. The zero-order chi connectivity index (χ0) is 41.0. The number of para-hydroxylation sites is 2. The van der Waals surface area contributed by atoms with Crippen LogP contribution in [0.2, 0.25) is 0 Å². The highest BCUT2D eigenvalue weighted by atomic mass is 15.1. The van der Waals surface area contributed by atoms with Crippen molar-refractivity contribution in [1.29, 1.82) is 0 Å². The largest absolute Gasteiger partial charge is 0.293 e. The number of aromatic nitrogens is 5. The van der Waals surface area contributed by atoms with E-state index in [-0.39, 0.29) is 0 Å². The second kappa shape index (κ2) is 14.8. The SMILES string of the molecule is c1ccc(Cc2cc3nc(-c4ccccc4)nc(-c4ccccc4)c3c3cc(-c4ccc5c(c4)c4ccccc4n5-c4nc(-c5ccccc5)nc5ccccc45)ccc23)cc1. The van der Waals surface area contributed by atoms with E-state index < -0.39 is 0 Å². The standard InChI is InChI=1S/C57H37N5/c1-5-17-37(18-6-1)33-43-36-50-53(54(38-19-7-2-8-20-38)60-55(59-50)39-21-9-3-10-22-39)48-35-41(29-31-44(43)48)42-30-32-52-47(34-42)45-25-14-16-28-51(45)62(52)57-46-26-13-15-27-49(46)58-56(61-57)40-23-11-4-12-24-40/h1-32,34-36H,33H2. The Labute approximate surface area is 358 Å². The first-order valence-corrected chi connectivity index (χ1v) is 21.0. The smallest absolute Gasteiger partial charge is 0.162 e. The number of nitrogens with zero attached hydrogens (tertiary/aromatic N) is 5. The van der Waals surface area contributed by atoms with Crippen LogP contribution in [0, 0.1) is 0 Å². The Morgan fingerprint density at radius 3 is 1.61 bits per heavy atom. The molecule has 0 amide bonds. The maximum Gasteiger partial charge on any atom is 0.162 e. The fraction of sp³-hybridized carbons (Fsp3) is 0.0175. The van der Waals surface area contributed by atoms with Crippen LogP contribution >= 0.6 is 0 Å². The first-order valence-electron chi connectivity index (χ1n) is 21.0. The van der Waals surface area contributed by atoms with E-state index in [2.05, 4.69) is 174 Å². The van der Waals surface area contributed by atoms with Gasteiger partial charge in [-0.05, 0) is 81.9 Å². The minimum absolute atomic E-state index is 0.701. The normalized spacial score (nSPS) is 11.6. The summed E-state index contributed by atoms with van der Waals surface area (Å²) in [6.45, 7) is 0. The molecule has 0 unspecified atom stereocenters. The van der Waals surface area contributed by atoms with Crippen molar-refractivity contribution in [1.82, 2.24) is 24.5 Å². The van der Waals surface area contributed by atoms with Crippen LogP contribution in [0.3, 0.4) is 0 Å². The molecule has 0 aliphatic rings. The van der Waals surface area contributed by atoms with E-state index in [9.17, 15) is 0 Å². The van der Waals surface area contributed by atoms with Gasteiger partial charge in [-0.15, -0.1) is 0 Å². The fourth-order valence-electron chi connectivity index (χ4n) is 9.11. The summed E-state index contributed by atoms with van der Waals surface area (Å²) in [5.41, 5.74) is 12.7. The van der Waals surface area contributed by atoms with Crippen molar-refractivity contribution in [2.75, 3.05) is 0 Å². The van der Waals surface area contributed by atoms with Crippen molar-refractivity contribution in [2.45, 2.75) is 6.42 Å². The van der Waals surface area contributed by atoms with Gasteiger partial charge in [0.25, 0.3) is 0 Å². The Bertz CT molecular complexity index is 3640. The van der Waals surface area contributed by atoms with Gasteiger partial charge in [0, 0.05) is 38.2 Å². The average Bonchev–Trinajstić information content (AvgIpc) is 3.67. The highest BCUT2D eigenvalue weighted by Gasteiger charge is 2.20. The van der Waals surface area contributed by atoms with Crippen LogP contribution in [0.5, 0.6) is 0 Å². The summed E-state index contributed by atoms with van der Waals surface area (Å²) in [6.07, 6.45) is 0.785. The van der Waals surface area contributed by atoms with Gasteiger partial charge in [0.15, 0.2) is 11.6 Å². The quantitative estimate of drug-likeness (QED) is 0.151. The molecule has 0 radical (unpaired) electrons. The number of hydrogen-bond donors (Lipinski definition) is 0. The number of hydrogen-bond acceptors (Lipinski definition) is 4. The third kappa shape index (κ3) is 6.10. The lowest BCUT2D eigenvalue weighted by atomic mass is 9.91. The van der Waals surface area contributed by atoms with Crippen molar-refractivity contribution in [3.05, 3.63) is 223 Å². The van der Waals surface area contributed by atoms with Crippen LogP contribution in [0.1, 0.15) is 11.1 Å². The number of rotatable bonds is 7. The summed E-state index contributed by atoms with van der Waals surface area (Å²) >= 11 is 0. The molecule has 62 heavy (non-hydrogen) atoms. The van der Waals surface area contributed by atoms with Gasteiger partial charge in [0.05, 0.1) is 27.8 Å². The third-order valence-electron chi connectivity index (χ3n) is 12.0. The second-order valence-corrected chi connectivity index (χ2v) is 15.8. The lowest BCUT2D eigenvalue weighted by molar-refractivity contribution is 1.08. The maximum atomic E-state index is 5.34. The fourth-order valence-corrected chi connectivity index (χ4v) is 9.11. The number of benzene rings is 9. The molecule has 0 aliphatic carbocycles. The molecule has 12 rings (SSSR count). The summed E-state index contributed by atoms with van der Waals surface area (Å²) < 4.78 is 2.31. The molecule has 0 N–H and O–H groups in total. The lowest BCUT2D eigenvalue weighted by Gasteiger charge is -2.16. The Hall–Kier alpha value is -8.28. The second-order valence-electron chi connectivity index (χ2n) is 15.8. The van der Waals surface area contributed by atoms with Gasteiger partial charge < -0.3 is 0 Å². The Kier molecular flexibility index (Phi) is 8.49. The van der Waals surface area contributed by atoms with Gasteiger partial charge in [-0.25, -0.2) is 19.9 Å². The summed E-state index contributed by atoms with van der Waals surface area (Å²) in [6, 6.07) is 74.8. The molecule has 0 saturated carbocycles. The van der Waals surface area contributed by atoms with Crippen molar-refractivity contribution < 1.29 is 0 Å². The first kappa shape index (κ1) is 35.6. The van der Waals surface area contributed by atoms with E-state index in [1.807, 2.05) is 42.5 Å². The predicted molar refractivity (Wildman–Crippen MR) is 255 cm³/mol. The summed E-state index contributed by atoms with van der Waals surface area (Å²) in [5, 5.41) is 6.70. The van der Waals surface area contributed by atoms with Crippen LogP contribution in [0.25, 0.3) is 105 Å². The molecule has 0 spiro atoms. The molecular formula is C57H37N5. The van der Waals surface area contributed by atoms with E-state index >= 15 is 0 Å². The van der Waals surface area contributed by atoms with Gasteiger partial charge in [-0.3, -0.25) is 4.57 Å². The van der Waals surface area contributed by atoms with Crippen LogP contribution in [0.4, 0.5) is 0 Å². The number of fused-ring (bicyclic) bond motifs is 7. The van der Waals surface area contributed by atoms with Crippen LogP contribution in [-0.4, -0.2) is 24.5 Å². The Balaban J connectivity index is 1.09. The monoisotopic (exact) mass is 791 g/mol. The van der Waals surface area contributed by atoms with Crippen molar-refractivity contribution in [3.8, 4) is 51.0 Å². The minimum atomic E-state index is 0.701. The van der Waals surface area contributed by atoms with E-state index in [1.54, 1.807) is 0 Å². The van der Waals surface area contributed by atoms with E-state index in [0.29, 0.717) is 11.6 Å². The molecule has 3 aromatic heterocycles. The van der Waals surface area contributed by atoms with E-state index in [0.717, 1.165) is 94.7 Å². The molecule has 9 aromatic carbocycles. The predicted octanol–water partition coefficient (Wildman–Crippen LogP) is 14.1. The minimum Gasteiger partial charge on any atom is -0.293 e. The lowest BCUT2D eigenvalue weighted by Crippen LogP contribution is -2.02. The van der Waals surface area contributed by atoms with Gasteiger partial charge in [-0.1, -0.05) is 170 Å².